The standard InChI is InChI=1S/C14H29N/c1-5-9-15-12(4)14-8-6-7-13(10-14)11(2)3/h11-15H,5-10H2,1-4H3. The molecule has 1 aliphatic rings. The topological polar surface area (TPSA) is 12.0 Å². The lowest BCUT2D eigenvalue weighted by atomic mass is 9.74. The molecule has 90 valence electrons. The molecule has 0 heterocycles. The Morgan fingerprint density at radius 3 is 2.40 bits per heavy atom. The summed E-state index contributed by atoms with van der Waals surface area (Å²) in [6.07, 6.45) is 7.07. The molecule has 0 radical (unpaired) electrons. The highest BCUT2D eigenvalue weighted by Gasteiger charge is 2.27. The molecule has 1 rings (SSSR count). The quantitative estimate of drug-likeness (QED) is 0.728. The molecule has 3 unspecified atom stereocenters. The molecule has 0 aliphatic heterocycles. The van der Waals surface area contributed by atoms with Gasteiger partial charge < -0.3 is 5.32 Å². The minimum Gasteiger partial charge on any atom is -0.314 e. The van der Waals surface area contributed by atoms with Crippen molar-refractivity contribution in [2.75, 3.05) is 6.54 Å². The van der Waals surface area contributed by atoms with Gasteiger partial charge in [-0.25, -0.2) is 0 Å². The van der Waals surface area contributed by atoms with Gasteiger partial charge in [0.2, 0.25) is 0 Å². The van der Waals surface area contributed by atoms with E-state index in [4.69, 9.17) is 0 Å². The smallest absolute Gasteiger partial charge is 0.00670 e. The lowest BCUT2D eigenvalue weighted by Crippen LogP contribution is -2.37. The maximum atomic E-state index is 3.66. The number of hydrogen-bond donors (Lipinski definition) is 1. The Balaban J connectivity index is 2.34. The molecule has 0 saturated heterocycles. The lowest BCUT2D eigenvalue weighted by molar-refractivity contribution is 0.183. The van der Waals surface area contributed by atoms with Gasteiger partial charge in [-0.3, -0.25) is 0 Å². The van der Waals surface area contributed by atoms with E-state index in [0.29, 0.717) is 0 Å². The third-order valence-electron chi connectivity index (χ3n) is 4.12. The molecule has 0 aromatic rings. The van der Waals surface area contributed by atoms with E-state index in [9.17, 15) is 0 Å². The van der Waals surface area contributed by atoms with Gasteiger partial charge in [0, 0.05) is 6.04 Å². The van der Waals surface area contributed by atoms with Crippen LogP contribution < -0.4 is 5.32 Å². The van der Waals surface area contributed by atoms with Crippen molar-refractivity contribution >= 4 is 0 Å². The van der Waals surface area contributed by atoms with Crippen LogP contribution in [0.25, 0.3) is 0 Å². The van der Waals surface area contributed by atoms with Crippen molar-refractivity contribution in [2.24, 2.45) is 17.8 Å². The molecule has 0 aromatic carbocycles. The first-order chi connectivity index (χ1) is 7.15. The molecule has 1 nitrogen and oxygen atoms in total. The van der Waals surface area contributed by atoms with Crippen molar-refractivity contribution in [1.82, 2.24) is 5.32 Å². The predicted molar refractivity (Wildman–Crippen MR) is 68.0 cm³/mol. The highest BCUT2D eigenvalue weighted by atomic mass is 14.9. The fourth-order valence-corrected chi connectivity index (χ4v) is 2.87. The van der Waals surface area contributed by atoms with Crippen LogP contribution in [0.5, 0.6) is 0 Å². The van der Waals surface area contributed by atoms with Crippen molar-refractivity contribution in [1.29, 1.82) is 0 Å². The molecular formula is C14H29N. The molecule has 0 amide bonds. The summed E-state index contributed by atoms with van der Waals surface area (Å²) < 4.78 is 0. The third kappa shape index (κ3) is 4.14. The molecule has 0 aromatic heterocycles. The summed E-state index contributed by atoms with van der Waals surface area (Å²) in [6, 6.07) is 0.728. The van der Waals surface area contributed by atoms with Crippen LogP contribution in [-0.4, -0.2) is 12.6 Å². The second kappa shape index (κ2) is 6.52. The molecule has 0 bridgehead atoms. The van der Waals surface area contributed by atoms with Crippen LogP contribution in [0.4, 0.5) is 0 Å². The summed E-state index contributed by atoms with van der Waals surface area (Å²) in [5, 5.41) is 3.66. The van der Waals surface area contributed by atoms with E-state index in [1.807, 2.05) is 0 Å². The Hall–Kier alpha value is -0.0400. The largest absolute Gasteiger partial charge is 0.314 e. The van der Waals surface area contributed by atoms with Crippen LogP contribution in [-0.2, 0) is 0 Å². The van der Waals surface area contributed by atoms with Crippen molar-refractivity contribution in [3.05, 3.63) is 0 Å². The van der Waals surface area contributed by atoms with Gasteiger partial charge in [-0.2, -0.15) is 0 Å². The normalized spacial score (nSPS) is 29.4. The molecule has 1 fully saturated rings. The fraction of sp³-hybridized carbons (Fsp3) is 1.00. The van der Waals surface area contributed by atoms with Gasteiger partial charge in [0.15, 0.2) is 0 Å². The summed E-state index contributed by atoms with van der Waals surface area (Å²) in [5.41, 5.74) is 0. The Morgan fingerprint density at radius 1 is 1.13 bits per heavy atom. The van der Waals surface area contributed by atoms with Crippen LogP contribution in [0.1, 0.15) is 59.8 Å². The van der Waals surface area contributed by atoms with Gasteiger partial charge in [-0.1, -0.05) is 33.6 Å². The van der Waals surface area contributed by atoms with Crippen LogP contribution in [0.15, 0.2) is 0 Å². The molecule has 3 atom stereocenters. The number of nitrogens with one attached hydrogen (secondary N) is 1. The first-order valence-electron chi connectivity index (χ1n) is 6.88. The van der Waals surface area contributed by atoms with E-state index >= 15 is 0 Å². The van der Waals surface area contributed by atoms with E-state index in [1.165, 1.54) is 38.6 Å². The van der Waals surface area contributed by atoms with Gasteiger partial charge in [-0.05, 0) is 50.5 Å². The third-order valence-corrected chi connectivity index (χ3v) is 4.12. The maximum absolute atomic E-state index is 3.66. The molecule has 15 heavy (non-hydrogen) atoms. The molecule has 1 heteroatoms. The van der Waals surface area contributed by atoms with Gasteiger partial charge in [0.1, 0.15) is 0 Å². The Kier molecular flexibility index (Phi) is 5.66. The average molecular weight is 211 g/mol. The summed E-state index contributed by atoms with van der Waals surface area (Å²) in [5.74, 6) is 2.79. The maximum Gasteiger partial charge on any atom is 0.00670 e. The zero-order valence-electron chi connectivity index (χ0n) is 11.1. The predicted octanol–water partition coefficient (Wildman–Crippen LogP) is 3.84. The van der Waals surface area contributed by atoms with Crippen LogP contribution >= 0.6 is 0 Å². The monoisotopic (exact) mass is 211 g/mol. The molecule has 1 aliphatic carbocycles. The first kappa shape index (κ1) is 13.0. The van der Waals surface area contributed by atoms with Gasteiger partial charge in [0.05, 0.1) is 0 Å². The van der Waals surface area contributed by atoms with Crippen molar-refractivity contribution in [2.45, 2.75) is 65.8 Å². The lowest BCUT2D eigenvalue weighted by Gasteiger charge is -2.35. The summed E-state index contributed by atoms with van der Waals surface area (Å²) in [7, 11) is 0. The van der Waals surface area contributed by atoms with Gasteiger partial charge in [0.25, 0.3) is 0 Å². The van der Waals surface area contributed by atoms with Crippen molar-refractivity contribution in [3.8, 4) is 0 Å². The Bertz CT molecular complexity index is 165. The van der Waals surface area contributed by atoms with E-state index in [0.717, 1.165) is 23.8 Å². The highest BCUT2D eigenvalue weighted by Crippen LogP contribution is 2.35. The van der Waals surface area contributed by atoms with Crippen molar-refractivity contribution < 1.29 is 0 Å². The van der Waals surface area contributed by atoms with Gasteiger partial charge in [-0.15, -0.1) is 0 Å². The van der Waals surface area contributed by atoms with Crippen LogP contribution in [0.2, 0.25) is 0 Å². The molecule has 0 spiro atoms. The SMILES string of the molecule is CCCNC(C)C1CCCC(C(C)C)C1. The summed E-state index contributed by atoms with van der Waals surface area (Å²) in [6.45, 7) is 10.6. The zero-order valence-corrected chi connectivity index (χ0v) is 11.1. The van der Waals surface area contributed by atoms with Crippen LogP contribution in [0.3, 0.4) is 0 Å². The molecule has 1 N–H and O–H groups in total. The second-order valence-electron chi connectivity index (χ2n) is 5.67. The van der Waals surface area contributed by atoms with E-state index < -0.39 is 0 Å². The van der Waals surface area contributed by atoms with E-state index in [1.54, 1.807) is 0 Å². The van der Waals surface area contributed by atoms with Crippen molar-refractivity contribution in [3.63, 3.8) is 0 Å². The van der Waals surface area contributed by atoms with Gasteiger partial charge >= 0.3 is 0 Å². The van der Waals surface area contributed by atoms with E-state index in [-0.39, 0.29) is 0 Å². The molecule has 1 saturated carbocycles. The van der Waals surface area contributed by atoms with Crippen LogP contribution in [0, 0.1) is 17.8 Å². The second-order valence-corrected chi connectivity index (χ2v) is 5.67. The highest BCUT2D eigenvalue weighted by molar-refractivity contribution is 4.81. The molecular weight excluding hydrogens is 182 g/mol. The summed E-state index contributed by atoms with van der Waals surface area (Å²) >= 11 is 0. The Labute approximate surface area is 96.0 Å². The Morgan fingerprint density at radius 2 is 1.80 bits per heavy atom. The summed E-state index contributed by atoms with van der Waals surface area (Å²) in [4.78, 5) is 0. The fourth-order valence-electron chi connectivity index (χ4n) is 2.87. The first-order valence-corrected chi connectivity index (χ1v) is 6.88. The zero-order chi connectivity index (χ0) is 11.3. The number of rotatable bonds is 5. The number of hydrogen-bond acceptors (Lipinski definition) is 1. The average Bonchev–Trinajstić information content (AvgIpc) is 2.26. The minimum atomic E-state index is 0.728. The van der Waals surface area contributed by atoms with E-state index in [2.05, 4.69) is 33.0 Å². The minimum absolute atomic E-state index is 0.728.